The Balaban J connectivity index is 3.78. The molecule has 0 atom stereocenters. The van der Waals surface area contributed by atoms with Crippen molar-refractivity contribution in [2.75, 3.05) is 39.3 Å². The van der Waals surface area contributed by atoms with Crippen molar-refractivity contribution in [2.45, 2.75) is 116 Å². The van der Waals surface area contributed by atoms with Crippen molar-refractivity contribution in [2.24, 2.45) is 0 Å². The number of unbranched alkanes of at least 4 members (excludes halogenated alkanes) is 15. The third kappa shape index (κ3) is 25.2. The molecule has 0 amide bonds. The van der Waals surface area contributed by atoms with Gasteiger partial charge in [-0.05, 0) is 25.9 Å². The molecule has 0 fully saturated rings. The quantitative estimate of drug-likeness (QED) is 0.127. The van der Waals surface area contributed by atoms with Crippen LogP contribution in [0.25, 0.3) is 0 Å². The van der Waals surface area contributed by atoms with Crippen molar-refractivity contribution < 1.29 is 29.7 Å². The predicted molar refractivity (Wildman–Crippen MR) is 140 cm³/mol. The van der Waals surface area contributed by atoms with Gasteiger partial charge in [-0.25, -0.2) is 0 Å². The Kier molecular flexibility index (Phi) is 22.9. The highest BCUT2D eigenvalue weighted by molar-refractivity contribution is 5.72. The van der Waals surface area contributed by atoms with Gasteiger partial charge in [-0.3, -0.25) is 24.2 Å². The zero-order chi connectivity index (χ0) is 26.2. The van der Waals surface area contributed by atoms with Crippen molar-refractivity contribution in [3.63, 3.8) is 0 Å². The van der Waals surface area contributed by atoms with E-state index in [1.54, 1.807) is 0 Å². The first-order chi connectivity index (χ1) is 16.8. The average Bonchev–Trinajstić information content (AvgIpc) is 2.77. The molecule has 0 aromatic carbocycles. The molecule has 0 saturated heterocycles. The molecule has 3 N–H and O–H groups in total. The van der Waals surface area contributed by atoms with Crippen LogP contribution in [0, 0.1) is 0 Å². The Labute approximate surface area is 213 Å². The zero-order valence-electron chi connectivity index (χ0n) is 22.2. The molecule has 0 bridgehead atoms. The van der Waals surface area contributed by atoms with Crippen LogP contribution in [-0.2, 0) is 14.4 Å². The monoisotopic (exact) mass is 500 g/mol. The van der Waals surface area contributed by atoms with Gasteiger partial charge in [0.25, 0.3) is 0 Å². The normalized spacial score (nSPS) is 11.4. The smallest absolute Gasteiger partial charge is 0.317 e. The van der Waals surface area contributed by atoms with Crippen LogP contribution in [0.2, 0.25) is 0 Å². The van der Waals surface area contributed by atoms with Gasteiger partial charge in [-0.2, -0.15) is 0 Å². The van der Waals surface area contributed by atoms with Gasteiger partial charge in [-0.15, -0.1) is 0 Å². The van der Waals surface area contributed by atoms with Crippen molar-refractivity contribution in [1.29, 1.82) is 0 Å². The number of hydrogen-bond acceptors (Lipinski definition) is 5. The highest BCUT2D eigenvalue weighted by Crippen LogP contribution is 2.14. The van der Waals surface area contributed by atoms with Gasteiger partial charge in [0.2, 0.25) is 0 Å². The van der Waals surface area contributed by atoms with Crippen molar-refractivity contribution in [3.8, 4) is 0 Å². The van der Waals surface area contributed by atoms with Crippen molar-refractivity contribution >= 4 is 17.9 Å². The van der Waals surface area contributed by atoms with E-state index in [0.717, 1.165) is 12.8 Å². The first kappa shape index (κ1) is 33.3. The summed E-state index contributed by atoms with van der Waals surface area (Å²) < 4.78 is 0. The molecule has 0 rings (SSSR count). The summed E-state index contributed by atoms with van der Waals surface area (Å²) in [7, 11) is 0. The number of nitrogens with zero attached hydrogens (tertiary/aromatic N) is 2. The number of aliphatic carboxylic acids is 3. The van der Waals surface area contributed by atoms with Crippen LogP contribution in [0.4, 0.5) is 0 Å². The molecule has 0 aromatic rings. The average molecular weight is 501 g/mol. The lowest BCUT2D eigenvalue weighted by molar-refractivity contribution is -0.142. The zero-order valence-corrected chi connectivity index (χ0v) is 22.2. The molecule has 35 heavy (non-hydrogen) atoms. The Bertz CT molecular complexity index is 528. The SMILES string of the molecule is CCCCCCCCCCCCCCCCCCN(CCCN(CC(=O)O)CC(=O)O)CC(=O)O. The largest absolute Gasteiger partial charge is 0.480 e. The number of rotatable bonds is 27. The molecule has 0 radical (unpaired) electrons. The fraction of sp³-hybridized carbons (Fsp3) is 0.889. The topological polar surface area (TPSA) is 118 Å². The van der Waals surface area contributed by atoms with Gasteiger partial charge in [0.15, 0.2) is 0 Å². The molecule has 8 heteroatoms. The Hall–Kier alpha value is -1.67. The number of carboxylic acid groups (broad SMARTS) is 3. The van der Waals surface area contributed by atoms with E-state index in [4.69, 9.17) is 15.3 Å². The fourth-order valence-electron chi connectivity index (χ4n) is 4.46. The van der Waals surface area contributed by atoms with E-state index in [2.05, 4.69) is 6.92 Å². The predicted octanol–water partition coefficient (Wildman–Crippen LogP) is 5.50. The lowest BCUT2D eigenvalue weighted by atomic mass is 10.0. The maximum absolute atomic E-state index is 11.2. The van der Waals surface area contributed by atoms with E-state index in [-0.39, 0.29) is 19.6 Å². The van der Waals surface area contributed by atoms with E-state index in [0.29, 0.717) is 26.1 Å². The lowest BCUT2D eigenvalue weighted by Gasteiger charge is -2.23. The van der Waals surface area contributed by atoms with Crippen LogP contribution < -0.4 is 0 Å². The second-order valence-electron chi connectivity index (χ2n) is 9.82. The summed E-state index contributed by atoms with van der Waals surface area (Å²) >= 11 is 0. The summed E-state index contributed by atoms with van der Waals surface area (Å²) in [5.41, 5.74) is 0. The molecular formula is C27H52N2O6. The molecule has 8 nitrogen and oxygen atoms in total. The maximum Gasteiger partial charge on any atom is 0.317 e. The highest BCUT2D eigenvalue weighted by Gasteiger charge is 2.15. The summed E-state index contributed by atoms with van der Waals surface area (Å²) in [6.07, 6.45) is 21.3. The lowest BCUT2D eigenvalue weighted by Crippen LogP contribution is -2.38. The Morgan fingerprint density at radius 3 is 1.09 bits per heavy atom. The second kappa shape index (κ2) is 24.0. The molecule has 0 spiro atoms. The van der Waals surface area contributed by atoms with Crippen LogP contribution in [0.3, 0.4) is 0 Å². The standard InChI is InChI=1S/C27H52N2O6/c1-2-3-4-5-6-7-8-9-10-11-12-13-14-15-16-17-19-28(22-25(30)31)20-18-21-29(23-26(32)33)24-27(34)35/h2-24H2,1H3,(H,30,31)(H,32,33)(H,34,35). The minimum atomic E-state index is -1.07. The molecule has 206 valence electrons. The Morgan fingerprint density at radius 2 is 0.714 bits per heavy atom. The number of carboxylic acids is 3. The summed E-state index contributed by atoms with van der Waals surface area (Å²) in [6.45, 7) is 3.08. The minimum Gasteiger partial charge on any atom is -0.480 e. The van der Waals surface area contributed by atoms with E-state index in [9.17, 15) is 14.4 Å². The van der Waals surface area contributed by atoms with E-state index >= 15 is 0 Å². The molecule has 0 aliphatic rings. The molecular weight excluding hydrogens is 448 g/mol. The van der Waals surface area contributed by atoms with Gasteiger partial charge < -0.3 is 15.3 Å². The van der Waals surface area contributed by atoms with Gasteiger partial charge in [0.05, 0.1) is 19.6 Å². The molecule has 0 unspecified atom stereocenters. The third-order valence-electron chi connectivity index (χ3n) is 6.35. The molecule has 0 saturated carbocycles. The summed E-state index contributed by atoms with van der Waals surface area (Å²) in [5, 5.41) is 27.0. The van der Waals surface area contributed by atoms with Gasteiger partial charge in [0.1, 0.15) is 0 Å². The molecule has 0 aromatic heterocycles. The number of hydrogen-bond donors (Lipinski definition) is 3. The molecule has 0 aliphatic carbocycles. The summed E-state index contributed by atoms with van der Waals surface area (Å²) in [5.74, 6) is -3.02. The van der Waals surface area contributed by atoms with E-state index < -0.39 is 17.9 Å². The van der Waals surface area contributed by atoms with Crippen LogP contribution in [-0.4, -0.2) is 82.3 Å². The van der Waals surface area contributed by atoms with E-state index in [1.807, 2.05) is 4.90 Å². The molecule has 0 aliphatic heterocycles. The van der Waals surface area contributed by atoms with Gasteiger partial charge >= 0.3 is 17.9 Å². The Morgan fingerprint density at radius 1 is 0.429 bits per heavy atom. The second-order valence-corrected chi connectivity index (χ2v) is 9.82. The van der Waals surface area contributed by atoms with Gasteiger partial charge in [0, 0.05) is 6.54 Å². The maximum atomic E-state index is 11.2. The minimum absolute atomic E-state index is 0.0450. The van der Waals surface area contributed by atoms with Crippen molar-refractivity contribution in [1.82, 2.24) is 9.80 Å². The van der Waals surface area contributed by atoms with E-state index in [1.165, 1.54) is 94.8 Å². The first-order valence-corrected chi connectivity index (χ1v) is 13.9. The van der Waals surface area contributed by atoms with Gasteiger partial charge in [-0.1, -0.05) is 103 Å². The van der Waals surface area contributed by atoms with Crippen LogP contribution in [0.5, 0.6) is 0 Å². The first-order valence-electron chi connectivity index (χ1n) is 13.9. The summed E-state index contributed by atoms with van der Waals surface area (Å²) in [6, 6.07) is 0. The fourth-order valence-corrected chi connectivity index (χ4v) is 4.46. The highest BCUT2D eigenvalue weighted by atomic mass is 16.4. The number of carbonyl (C=O) groups is 3. The van der Waals surface area contributed by atoms with Crippen LogP contribution in [0.1, 0.15) is 116 Å². The van der Waals surface area contributed by atoms with Crippen LogP contribution >= 0.6 is 0 Å². The van der Waals surface area contributed by atoms with Crippen molar-refractivity contribution in [3.05, 3.63) is 0 Å². The molecule has 0 heterocycles. The third-order valence-corrected chi connectivity index (χ3v) is 6.35. The van der Waals surface area contributed by atoms with Crippen LogP contribution in [0.15, 0.2) is 0 Å². The summed E-state index contributed by atoms with van der Waals surface area (Å²) in [4.78, 5) is 36.2.